The van der Waals surface area contributed by atoms with E-state index in [9.17, 15) is 9.90 Å². The van der Waals surface area contributed by atoms with Gasteiger partial charge in [0.1, 0.15) is 6.04 Å². The summed E-state index contributed by atoms with van der Waals surface area (Å²) in [6.07, 6.45) is 1.70. The molecular formula is C12H15ClN2O2. The van der Waals surface area contributed by atoms with Crippen LogP contribution in [0.5, 0.6) is 0 Å². The third-order valence-electron chi connectivity index (χ3n) is 3.10. The minimum absolute atomic E-state index is 0.0993. The summed E-state index contributed by atoms with van der Waals surface area (Å²) in [5.74, 6) is -0.318. The summed E-state index contributed by atoms with van der Waals surface area (Å²) in [7, 11) is 0. The zero-order valence-electron chi connectivity index (χ0n) is 9.40. The van der Waals surface area contributed by atoms with Crippen molar-refractivity contribution in [2.24, 2.45) is 5.73 Å². The zero-order chi connectivity index (χ0) is 12.4. The molecule has 1 unspecified atom stereocenters. The van der Waals surface area contributed by atoms with Crippen molar-refractivity contribution in [3.05, 3.63) is 28.8 Å². The molecule has 1 saturated heterocycles. The fourth-order valence-electron chi connectivity index (χ4n) is 2.31. The maximum Gasteiger partial charge on any atom is 0.240 e. The van der Waals surface area contributed by atoms with Gasteiger partial charge < -0.3 is 15.7 Å². The predicted molar refractivity (Wildman–Crippen MR) is 66.9 cm³/mol. The van der Waals surface area contributed by atoms with Crippen LogP contribution in [0.3, 0.4) is 0 Å². The van der Waals surface area contributed by atoms with Crippen LogP contribution >= 0.6 is 11.6 Å². The molecule has 92 valence electrons. The molecule has 0 bridgehead atoms. The third-order valence-corrected chi connectivity index (χ3v) is 3.34. The average Bonchev–Trinajstić information content (AvgIpc) is 2.77. The lowest BCUT2D eigenvalue weighted by Gasteiger charge is -2.26. The van der Waals surface area contributed by atoms with Crippen LogP contribution in [0.25, 0.3) is 0 Å². The van der Waals surface area contributed by atoms with E-state index >= 15 is 0 Å². The van der Waals surface area contributed by atoms with Gasteiger partial charge in [-0.2, -0.15) is 0 Å². The molecule has 1 aliphatic heterocycles. The van der Waals surface area contributed by atoms with Gasteiger partial charge in [-0.05, 0) is 31.0 Å². The zero-order valence-corrected chi connectivity index (χ0v) is 10.2. The summed E-state index contributed by atoms with van der Waals surface area (Å²) < 4.78 is 0. The Labute approximate surface area is 105 Å². The minimum Gasteiger partial charge on any atom is -0.392 e. The van der Waals surface area contributed by atoms with Crippen molar-refractivity contribution in [3.63, 3.8) is 0 Å². The van der Waals surface area contributed by atoms with Crippen molar-refractivity contribution < 1.29 is 9.90 Å². The molecule has 0 aromatic heterocycles. The van der Waals surface area contributed by atoms with Crippen LogP contribution in [0.4, 0.5) is 5.69 Å². The van der Waals surface area contributed by atoms with Crippen LogP contribution in [0.1, 0.15) is 18.4 Å². The number of primary amides is 1. The van der Waals surface area contributed by atoms with Gasteiger partial charge in [-0.1, -0.05) is 11.6 Å². The van der Waals surface area contributed by atoms with E-state index in [0.29, 0.717) is 5.02 Å². The highest BCUT2D eigenvalue weighted by Crippen LogP contribution is 2.30. The molecule has 1 aromatic rings. The fraction of sp³-hybridized carbons (Fsp3) is 0.417. The Hall–Kier alpha value is -1.26. The smallest absolute Gasteiger partial charge is 0.240 e. The quantitative estimate of drug-likeness (QED) is 0.854. The molecule has 0 radical (unpaired) electrons. The first-order valence-corrected chi connectivity index (χ1v) is 5.96. The lowest BCUT2D eigenvalue weighted by Crippen LogP contribution is -2.40. The second kappa shape index (κ2) is 4.94. The summed E-state index contributed by atoms with van der Waals surface area (Å²) in [5, 5.41) is 9.90. The molecular weight excluding hydrogens is 240 g/mol. The first-order chi connectivity index (χ1) is 8.13. The number of rotatable bonds is 3. The van der Waals surface area contributed by atoms with E-state index in [2.05, 4.69) is 0 Å². The van der Waals surface area contributed by atoms with Gasteiger partial charge in [0.15, 0.2) is 0 Å². The molecule has 0 saturated carbocycles. The van der Waals surface area contributed by atoms with E-state index in [4.69, 9.17) is 17.3 Å². The van der Waals surface area contributed by atoms with Crippen molar-refractivity contribution >= 4 is 23.2 Å². The highest BCUT2D eigenvalue weighted by Gasteiger charge is 2.30. The van der Waals surface area contributed by atoms with Crippen LogP contribution in [-0.4, -0.2) is 23.6 Å². The molecule has 1 fully saturated rings. The maximum atomic E-state index is 11.3. The number of benzene rings is 1. The number of hydrogen-bond donors (Lipinski definition) is 2. The highest BCUT2D eigenvalue weighted by molar-refractivity contribution is 6.30. The molecule has 5 heteroatoms. The SMILES string of the molecule is NC(=O)C1CCCN1c1ccc(Cl)cc1CO. The number of aliphatic hydroxyl groups is 1. The summed E-state index contributed by atoms with van der Waals surface area (Å²) in [5.41, 5.74) is 6.95. The molecule has 2 rings (SSSR count). The maximum absolute atomic E-state index is 11.3. The number of halogens is 1. The van der Waals surface area contributed by atoms with Gasteiger partial charge in [0, 0.05) is 22.8 Å². The molecule has 0 spiro atoms. The summed E-state index contributed by atoms with van der Waals surface area (Å²) >= 11 is 5.88. The highest BCUT2D eigenvalue weighted by atomic mass is 35.5. The number of carbonyl (C=O) groups is 1. The predicted octanol–water partition coefficient (Wildman–Crippen LogP) is 1.29. The standard InChI is InChI=1S/C12H15ClN2O2/c13-9-3-4-10(8(6-9)7-16)15-5-1-2-11(15)12(14)17/h3-4,6,11,16H,1-2,5,7H2,(H2,14,17). The Morgan fingerprint density at radius 1 is 1.59 bits per heavy atom. The number of aliphatic hydroxyl groups excluding tert-OH is 1. The topological polar surface area (TPSA) is 66.6 Å². The monoisotopic (exact) mass is 254 g/mol. The summed E-state index contributed by atoms with van der Waals surface area (Å²) in [6.45, 7) is 0.681. The fourth-order valence-corrected chi connectivity index (χ4v) is 2.51. The Morgan fingerprint density at radius 3 is 3.00 bits per heavy atom. The molecule has 1 heterocycles. The number of nitrogens with zero attached hydrogens (tertiary/aromatic N) is 1. The van der Waals surface area contributed by atoms with Crippen LogP contribution < -0.4 is 10.6 Å². The number of amides is 1. The van der Waals surface area contributed by atoms with E-state index in [0.717, 1.165) is 30.6 Å². The molecule has 4 nitrogen and oxygen atoms in total. The van der Waals surface area contributed by atoms with Gasteiger partial charge in [-0.15, -0.1) is 0 Å². The number of anilines is 1. The van der Waals surface area contributed by atoms with E-state index in [1.807, 2.05) is 11.0 Å². The van der Waals surface area contributed by atoms with Crippen LogP contribution in [0.15, 0.2) is 18.2 Å². The van der Waals surface area contributed by atoms with Crippen molar-refractivity contribution in [1.29, 1.82) is 0 Å². The van der Waals surface area contributed by atoms with E-state index in [1.165, 1.54) is 0 Å². The number of carbonyl (C=O) groups excluding carboxylic acids is 1. The molecule has 17 heavy (non-hydrogen) atoms. The van der Waals surface area contributed by atoms with Gasteiger partial charge in [0.2, 0.25) is 5.91 Å². The molecule has 0 aliphatic carbocycles. The number of hydrogen-bond acceptors (Lipinski definition) is 3. The van der Waals surface area contributed by atoms with Crippen LogP contribution in [-0.2, 0) is 11.4 Å². The Kier molecular flexibility index (Phi) is 3.54. The average molecular weight is 255 g/mol. The second-order valence-corrected chi connectivity index (χ2v) is 4.62. The van der Waals surface area contributed by atoms with Crippen LogP contribution in [0, 0.1) is 0 Å². The Morgan fingerprint density at radius 2 is 2.35 bits per heavy atom. The summed E-state index contributed by atoms with van der Waals surface area (Å²) in [4.78, 5) is 13.3. The van der Waals surface area contributed by atoms with Crippen molar-refractivity contribution in [1.82, 2.24) is 0 Å². The van der Waals surface area contributed by atoms with E-state index in [1.54, 1.807) is 12.1 Å². The second-order valence-electron chi connectivity index (χ2n) is 4.18. The van der Waals surface area contributed by atoms with Gasteiger partial charge in [-0.3, -0.25) is 4.79 Å². The van der Waals surface area contributed by atoms with Gasteiger partial charge in [0.05, 0.1) is 6.61 Å². The summed E-state index contributed by atoms with van der Waals surface area (Å²) in [6, 6.07) is 5.02. The minimum atomic E-state index is -0.318. The van der Waals surface area contributed by atoms with Gasteiger partial charge in [0.25, 0.3) is 0 Å². The van der Waals surface area contributed by atoms with E-state index in [-0.39, 0.29) is 18.6 Å². The van der Waals surface area contributed by atoms with Crippen molar-refractivity contribution in [3.8, 4) is 0 Å². The lowest BCUT2D eigenvalue weighted by molar-refractivity contribution is -0.119. The van der Waals surface area contributed by atoms with Gasteiger partial charge >= 0.3 is 0 Å². The Bertz CT molecular complexity index is 437. The van der Waals surface area contributed by atoms with Crippen molar-refractivity contribution in [2.75, 3.05) is 11.4 Å². The number of nitrogens with two attached hydrogens (primary N) is 1. The molecule has 1 amide bonds. The normalized spacial score (nSPS) is 19.6. The third kappa shape index (κ3) is 2.37. The molecule has 1 atom stereocenters. The largest absolute Gasteiger partial charge is 0.392 e. The van der Waals surface area contributed by atoms with E-state index < -0.39 is 0 Å². The molecule has 1 aliphatic rings. The van der Waals surface area contributed by atoms with Gasteiger partial charge in [-0.25, -0.2) is 0 Å². The molecule has 3 N–H and O–H groups in total. The first-order valence-electron chi connectivity index (χ1n) is 5.58. The Balaban J connectivity index is 2.36. The van der Waals surface area contributed by atoms with Crippen LogP contribution in [0.2, 0.25) is 5.02 Å². The van der Waals surface area contributed by atoms with Crippen molar-refractivity contribution in [2.45, 2.75) is 25.5 Å². The lowest BCUT2D eigenvalue weighted by atomic mass is 10.1. The first kappa shape index (κ1) is 12.2. The molecule has 1 aromatic carbocycles.